The van der Waals surface area contributed by atoms with Gasteiger partial charge in [0.25, 0.3) is 0 Å². The van der Waals surface area contributed by atoms with E-state index in [1.54, 1.807) is 6.92 Å². The lowest BCUT2D eigenvalue weighted by molar-refractivity contribution is -0.152. The average molecular weight is 238 g/mol. The maximum absolute atomic E-state index is 12.4. The molecule has 0 aliphatic heterocycles. The Labute approximate surface area is 95.0 Å². The Morgan fingerprint density at radius 3 is 2.25 bits per heavy atom. The maximum Gasteiger partial charge on any atom is 0.401 e. The predicted octanol–water partition coefficient (Wildman–Crippen LogP) is 2.39. The molecule has 0 aromatic carbocycles. The summed E-state index contributed by atoms with van der Waals surface area (Å²) in [6, 6.07) is -0.103. The molecule has 0 aromatic heterocycles. The Morgan fingerprint density at radius 2 is 1.88 bits per heavy atom. The molecule has 0 bridgehead atoms. The molecule has 0 saturated heterocycles. The van der Waals surface area contributed by atoms with Crippen molar-refractivity contribution in [3.8, 4) is 0 Å². The number of rotatable bonds is 5. The monoisotopic (exact) mass is 238 g/mol. The molecule has 1 atom stereocenters. The molecule has 1 aliphatic rings. The number of nitrogens with two attached hydrogens (primary N) is 1. The largest absolute Gasteiger partial charge is 0.401 e. The number of hydrogen-bond donors (Lipinski definition) is 1. The summed E-state index contributed by atoms with van der Waals surface area (Å²) >= 11 is 0. The van der Waals surface area contributed by atoms with E-state index in [1.807, 2.05) is 0 Å². The minimum atomic E-state index is -4.12. The molecule has 1 aliphatic carbocycles. The van der Waals surface area contributed by atoms with Crippen molar-refractivity contribution in [1.29, 1.82) is 0 Å². The zero-order valence-electron chi connectivity index (χ0n) is 9.76. The molecular weight excluding hydrogens is 217 g/mol. The first kappa shape index (κ1) is 13.8. The van der Waals surface area contributed by atoms with Gasteiger partial charge in [-0.3, -0.25) is 4.90 Å². The Hall–Kier alpha value is -0.290. The summed E-state index contributed by atoms with van der Waals surface area (Å²) in [6.45, 7) is 1.68. The molecule has 1 fully saturated rings. The van der Waals surface area contributed by atoms with Crippen LogP contribution in [0.4, 0.5) is 13.2 Å². The molecule has 1 saturated carbocycles. The third kappa shape index (κ3) is 3.94. The van der Waals surface area contributed by atoms with Crippen LogP contribution >= 0.6 is 0 Å². The Morgan fingerprint density at radius 1 is 1.31 bits per heavy atom. The highest BCUT2D eigenvalue weighted by Crippen LogP contribution is 2.31. The van der Waals surface area contributed by atoms with Gasteiger partial charge in [-0.05, 0) is 25.3 Å². The van der Waals surface area contributed by atoms with Gasteiger partial charge in [0, 0.05) is 12.6 Å². The molecule has 0 aromatic rings. The summed E-state index contributed by atoms with van der Waals surface area (Å²) in [4.78, 5) is 1.48. The fourth-order valence-electron chi connectivity index (χ4n) is 2.68. The molecule has 16 heavy (non-hydrogen) atoms. The SMILES string of the molecule is CCN(CC(F)(F)F)C(CN)C1CCCC1. The van der Waals surface area contributed by atoms with Gasteiger partial charge >= 0.3 is 6.18 Å². The summed E-state index contributed by atoms with van der Waals surface area (Å²) in [5.74, 6) is 0.354. The molecule has 0 spiro atoms. The summed E-state index contributed by atoms with van der Waals surface area (Å²) in [7, 11) is 0. The number of likely N-dealkylation sites (N-methyl/N-ethyl adjacent to an activating group) is 1. The highest BCUT2D eigenvalue weighted by molar-refractivity contribution is 4.84. The number of halogens is 3. The lowest BCUT2D eigenvalue weighted by atomic mass is 9.96. The van der Waals surface area contributed by atoms with Crippen LogP contribution in [0.2, 0.25) is 0 Å². The van der Waals surface area contributed by atoms with Crippen LogP contribution in [0.1, 0.15) is 32.6 Å². The van der Waals surface area contributed by atoms with E-state index in [9.17, 15) is 13.2 Å². The summed E-state index contributed by atoms with van der Waals surface area (Å²) < 4.78 is 37.2. The predicted molar refractivity (Wildman–Crippen MR) is 58.1 cm³/mol. The van der Waals surface area contributed by atoms with E-state index < -0.39 is 12.7 Å². The van der Waals surface area contributed by atoms with E-state index >= 15 is 0 Å². The molecule has 5 heteroatoms. The quantitative estimate of drug-likeness (QED) is 0.797. The number of alkyl halides is 3. The summed E-state index contributed by atoms with van der Waals surface area (Å²) in [5.41, 5.74) is 5.64. The van der Waals surface area contributed by atoms with Gasteiger partial charge in [0.2, 0.25) is 0 Å². The highest BCUT2D eigenvalue weighted by atomic mass is 19.4. The van der Waals surface area contributed by atoms with E-state index in [2.05, 4.69) is 0 Å². The molecule has 96 valence electrons. The van der Waals surface area contributed by atoms with Crippen LogP contribution in [0.3, 0.4) is 0 Å². The van der Waals surface area contributed by atoms with Crippen LogP contribution in [0.25, 0.3) is 0 Å². The minimum absolute atomic E-state index is 0.103. The van der Waals surface area contributed by atoms with Gasteiger partial charge in [-0.2, -0.15) is 13.2 Å². The first-order chi connectivity index (χ1) is 7.48. The van der Waals surface area contributed by atoms with Gasteiger partial charge in [0.15, 0.2) is 0 Å². The van der Waals surface area contributed by atoms with Gasteiger partial charge in [-0.25, -0.2) is 0 Å². The van der Waals surface area contributed by atoms with Crippen molar-refractivity contribution in [2.24, 2.45) is 11.7 Å². The van der Waals surface area contributed by atoms with Crippen LogP contribution in [0.15, 0.2) is 0 Å². The van der Waals surface area contributed by atoms with Gasteiger partial charge in [0.05, 0.1) is 6.54 Å². The fraction of sp³-hybridized carbons (Fsp3) is 1.00. The zero-order valence-corrected chi connectivity index (χ0v) is 9.76. The summed E-state index contributed by atoms with van der Waals surface area (Å²) in [5, 5.41) is 0. The standard InChI is InChI=1S/C11H21F3N2/c1-2-16(8-11(12,13)14)10(7-15)9-5-3-4-6-9/h9-10H,2-8,15H2,1H3. The van der Waals surface area contributed by atoms with E-state index in [0.29, 0.717) is 19.0 Å². The van der Waals surface area contributed by atoms with E-state index in [1.165, 1.54) is 4.90 Å². The Bertz CT molecular complexity index is 200. The molecule has 2 N–H and O–H groups in total. The van der Waals surface area contributed by atoms with Crippen LogP contribution in [0.5, 0.6) is 0 Å². The third-order valence-electron chi connectivity index (χ3n) is 3.44. The van der Waals surface area contributed by atoms with Crippen LogP contribution in [0, 0.1) is 5.92 Å². The van der Waals surface area contributed by atoms with Crippen molar-refractivity contribution in [1.82, 2.24) is 4.90 Å². The zero-order chi connectivity index (χ0) is 12.2. The van der Waals surface area contributed by atoms with Crippen LogP contribution in [-0.4, -0.2) is 36.8 Å². The Kier molecular flexibility index (Phi) is 5.05. The van der Waals surface area contributed by atoms with Crippen molar-refractivity contribution < 1.29 is 13.2 Å². The maximum atomic E-state index is 12.4. The second kappa shape index (κ2) is 5.87. The molecule has 1 unspecified atom stereocenters. The van der Waals surface area contributed by atoms with E-state index in [-0.39, 0.29) is 6.04 Å². The lowest BCUT2D eigenvalue weighted by Gasteiger charge is -2.34. The van der Waals surface area contributed by atoms with Crippen LogP contribution in [-0.2, 0) is 0 Å². The first-order valence-electron chi connectivity index (χ1n) is 5.98. The second-order valence-electron chi connectivity index (χ2n) is 4.53. The van der Waals surface area contributed by atoms with Gasteiger partial charge in [-0.1, -0.05) is 19.8 Å². The number of nitrogens with zero attached hydrogens (tertiary/aromatic N) is 1. The van der Waals surface area contributed by atoms with Crippen molar-refractivity contribution >= 4 is 0 Å². The second-order valence-corrected chi connectivity index (χ2v) is 4.53. The normalized spacial score (nSPS) is 20.6. The smallest absolute Gasteiger partial charge is 0.329 e. The molecular formula is C11H21F3N2. The number of hydrogen-bond acceptors (Lipinski definition) is 2. The average Bonchev–Trinajstić information content (AvgIpc) is 2.68. The van der Waals surface area contributed by atoms with Crippen molar-refractivity contribution in [2.45, 2.75) is 44.8 Å². The van der Waals surface area contributed by atoms with Gasteiger partial charge in [-0.15, -0.1) is 0 Å². The van der Waals surface area contributed by atoms with Crippen molar-refractivity contribution in [3.63, 3.8) is 0 Å². The molecule has 0 amide bonds. The molecule has 1 rings (SSSR count). The van der Waals surface area contributed by atoms with E-state index in [4.69, 9.17) is 5.73 Å². The fourth-order valence-corrected chi connectivity index (χ4v) is 2.68. The van der Waals surface area contributed by atoms with Gasteiger partial charge < -0.3 is 5.73 Å². The molecule has 0 heterocycles. The van der Waals surface area contributed by atoms with Gasteiger partial charge in [0.1, 0.15) is 0 Å². The van der Waals surface area contributed by atoms with E-state index in [0.717, 1.165) is 25.7 Å². The minimum Gasteiger partial charge on any atom is -0.329 e. The first-order valence-corrected chi connectivity index (χ1v) is 5.98. The van der Waals surface area contributed by atoms with Crippen molar-refractivity contribution in [2.75, 3.05) is 19.6 Å². The molecule has 2 nitrogen and oxygen atoms in total. The lowest BCUT2D eigenvalue weighted by Crippen LogP contribution is -2.48. The Balaban J connectivity index is 2.59. The third-order valence-corrected chi connectivity index (χ3v) is 3.44. The topological polar surface area (TPSA) is 29.3 Å². The van der Waals surface area contributed by atoms with Crippen molar-refractivity contribution in [3.05, 3.63) is 0 Å². The molecule has 0 radical (unpaired) electrons. The van der Waals surface area contributed by atoms with Crippen LogP contribution < -0.4 is 5.73 Å². The summed E-state index contributed by atoms with van der Waals surface area (Å²) in [6.07, 6.45) is 0.184. The highest BCUT2D eigenvalue weighted by Gasteiger charge is 2.36.